The molecule has 1 aliphatic heterocycles. The number of fused-ring (bicyclic) bond motifs is 1. The second-order valence-electron chi connectivity index (χ2n) is 7.86. The Labute approximate surface area is 182 Å². The van der Waals surface area contributed by atoms with Crippen LogP contribution in [-0.2, 0) is 13.0 Å². The molecule has 4 nitrogen and oxygen atoms in total. The maximum absolute atomic E-state index is 6.24. The summed E-state index contributed by atoms with van der Waals surface area (Å²) in [6, 6.07) is 27.6. The summed E-state index contributed by atoms with van der Waals surface area (Å²) >= 11 is 6.24. The Kier molecular flexibility index (Phi) is 5.43. The largest absolute Gasteiger partial charge is 0.336 e. The van der Waals surface area contributed by atoms with E-state index in [4.69, 9.17) is 16.6 Å². The van der Waals surface area contributed by atoms with E-state index >= 15 is 0 Å². The van der Waals surface area contributed by atoms with Gasteiger partial charge in [0.05, 0.1) is 17.6 Å². The number of anilines is 1. The van der Waals surface area contributed by atoms with Gasteiger partial charge in [0.25, 0.3) is 0 Å². The number of nitrogens with one attached hydrogen (secondary N) is 1. The monoisotopic (exact) mass is 416 g/mol. The summed E-state index contributed by atoms with van der Waals surface area (Å²) in [5, 5.41) is 4.35. The molecule has 0 aliphatic carbocycles. The second-order valence-corrected chi connectivity index (χ2v) is 8.29. The van der Waals surface area contributed by atoms with Crippen molar-refractivity contribution in [2.24, 2.45) is 0 Å². The van der Waals surface area contributed by atoms with E-state index in [1.807, 2.05) is 12.1 Å². The number of rotatable bonds is 5. The van der Waals surface area contributed by atoms with Gasteiger partial charge in [0, 0.05) is 30.7 Å². The van der Waals surface area contributed by atoms with E-state index in [2.05, 4.69) is 81.5 Å². The number of hydrogen-bond acceptors (Lipinski definition) is 3. The molecule has 1 aromatic heterocycles. The third kappa shape index (κ3) is 3.93. The van der Waals surface area contributed by atoms with Crippen molar-refractivity contribution in [2.75, 3.05) is 24.5 Å². The van der Waals surface area contributed by atoms with Gasteiger partial charge in [-0.25, -0.2) is 4.98 Å². The first-order valence-electron chi connectivity index (χ1n) is 10.5. The van der Waals surface area contributed by atoms with Crippen molar-refractivity contribution < 1.29 is 0 Å². The minimum absolute atomic E-state index is 0.323. The van der Waals surface area contributed by atoms with Crippen molar-refractivity contribution in [3.05, 3.63) is 95.0 Å². The molecule has 1 saturated heterocycles. The summed E-state index contributed by atoms with van der Waals surface area (Å²) in [4.78, 5) is 7.55. The van der Waals surface area contributed by atoms with E-state index in [1.54, 1.807) is 0 Å². The van der Waals surface area contributed by atoms with Gasteiger partial charge < -0.3 is 14.8 Å². The molecule has 1 unspecified atom stereocenters. The Bertz CT molecular complexity index is 1140. The SMILES string of the molecule is Clc1cccc(CC2CNCCN2c2nc3ccccc3n2Cc2ccccc2)c1. The summed E-state index contributed by atoms with van der Waals surface area (Å²) in [6.07, 6.45) is 0.933. The average molecular weight is 417 g/mol. The van der Waals surface area contributed by atoms with Crippen molar-refractivity contribution in [2.45, 2.75) is 19.0 Å². The maximum atomic E-state index is 6.24. The number of piperazine rings is 1. The van der Waals surface area contributed by atoms with Gasteiger partial charge in [-0.05, 0) is 41.8 Å². The van der Waals surface area contributed by atoms with Crippen molar-refractivity contribution >= 4 is 28.6 Å². The fourth-order valence-corrected chi connectivity index (χ4v) is 4.56. The number of halogens is 1. The predicted octanol–water partition coefficient (Wildman–Crippen LogP) is 4.76. The lowest BCUT2D eigenvalue weighted by atomic mass is 10.0. The first kappa shape index (κ1) is 19.2. The Hall–Kier alpha value is -2.82. The molecule has 0 spiro atoms. The van der Waals surface area contributed by atoms with Gasteiger partial charge in [0.2, 0.25) is 5.95 Å². The molecule has 0 amide bonds. The molecule has 2 heterocycles. The highest BCUT2D eigenvalue weighted by atomic mass is 35.5. The van der Waals surface area contributed by atoms with E-state index in [-0.39, 0.29) is 0 Å². The van der Waals surface area contributed by atoms with E-state index in [0.29, 0.717) is 6.04 Å². The molecular weight excluding hydrogens is 392 g/mol. The molecule has 1 fully saturated rings. The van der Waals surface area contributed by atoms with E-state index < -0.39 is 0 Å². The number of imidazole rings is 1. The topological polar surface area (TPSA) is 33.1 Å². The van der Waals surface area contributed by atoms with E-state index in [1.165, 1.54) is 16.6 Å². The van der Waals surface area contributed by atoms with Crippen LogP contribution in [0.25, 0.3) is 11.0 Å². The molecule has 152 valence electrons. The molecule has 30 heavy (non-hydrogen) atoms. The molecule has 4 aromatic rings. The van der Waals surface area contributed by atoms with Gasteiger partial charge in [0.15, 0.2) is 0 Å². The highest BCUT2D eigenvalue weighted by Crippen LogP contribution is 2.27. The van der Waals surface area contributed by atoms with Gasteiger partial charge in [-0.2, -0.15) is 0 Å². The van der Waals surface area contributed by atoms with E-state index in [0.717, 1.165) is 49.1 Å². The lowest BCUT2D eigenvalue weighted by Gasteiger charge is -2.37. The van der Waals surface area contributed by atoms with Gasteiger partial charge in [-0.1, -0.05) is 66.2 Å². The van der Waals surface area contributed by atoms with Crippen LogP contribution in [0, 0.1) is 0 Å². The molecule has 0 radical (unpaired) electrons. The maximum Gasteiger partial charge on any atom is 0.207 e. The minimum atomic E-state index is 0.323. The Morgan fingerprint density at radius 3 is 2.60 bits per heavy atom. The summed E-state index contributed by atoms with van der Waals surface area (Å²) in [5.74, 6) is 1.05. The van der Waals surface area contributed by atoms with Gasteiger partial charge in [-0.3, -0.25) is 0 Å². The zero-order valence-corrected chi connectivity index (χ0v) is 17.6. The van der Waals surface area contributed by atoms with Crippen LogP contribution >= 0.6 is 11.6 Å². The number of benzene rings is 3. The lowest BCUT2D eigenvalue weighted by molar-refractivity contribution is 0.462. The van der Waals surface area contributed by atoms with Crippen molar-refractivity contribution in [1.29, 1.82) is 0 Å². The van der Waals surface area contributed by atoms with Crippen LogP contribution < -0.4 is 10.2 Å². The fraction of sp³-hybridized carbons (Fsp3) is 0.240. The van der Waals surface area contributed by atoms with Crippen molar-refractivity contribution in [1.82, 2.24) is 14.9 Å². The van der Waals surface area contributed by atoms with Crippen LogP contribution in [0.15, 0.2) is 78.9 Å². The normalized spacial score (nSPS) is 16.8. The second kappa shape index (κ2) is 8.50. The molecule has 1 atom stereocenters. The predicted molar refractivity (Wildman–Crippen MR) is 124 cm³/mol. The molecule has 1 N–H and O–H groups in total. The number of hydrogen-bond donors (Lipinski definition) is 1. The first-order valence-corrected chi connectivity index (χ1v) is 10.9. The molecule has 5 heteroatoms. The number of nitrogens with zero attached hydrogens (tertiary/aromatic N) is 3. The van der Waals surface area contributed by atoms with Crippen LogP contribution in [0.4, 0.5) is 5.95 Å². The molecule has 3 aromatic carbocycles. The van der Waals surface area contributed by atoms with Crippen LogP contribution in [0.1, 0.15) is 11.1 Å². The van der Waals surface area contributed by atoms with Crippen LogP contribution in [0.2, 0.25) is 5.02 Å². The van der Waals surface area contributed by atoms with Crippen LogP contribution in [-0.4, -0.2) is 35.2 Å². The molecule has 5 rings (SSSR count). The van der Waals surface area contributed by atoms with Crippen LogP contribution in [0.3, 0.4) is 0 Å². The quantitative estimate of drug-likeness (QED) is 0.509. The molecule has 1 aliphatic rings. The highest BCUT2D eigenvalue weighted by molar-refractivity contribution is 6.30. The van der Waals surface area contributed by atoms with E-state index in [9.17, 15) is 0 Å². The van der Waals surface area contributed by atoms with Crippen molar-refractivity contribution in [3.8, 4) is 0 Å². The van der Waals surface area contributed by atoms with Gasteiger partial charge >= 0.3 is 0 Å². The summed E-state index contributed by atoms with van der Waals surface area (Å²) in [5.41, 5.74) is 4.76. The summed E-state index contributed by atoms with van der Waals surface area (Å²) in [7, 11) is 0. The summed E-state index contributed by atoms with van der Waals surface area (Å²) < 4.78 is 2.36. The average Bonchev–Trinajstić information content (AvgIpc) is 3.13. The smallest absolute Gasteiger partial charge is 0.207 e. The zero-order valence-electron chi connectivity index (χ0n) is 16.8. The van der Waals surface area contributed by atoms with Gasteiger partial charge in [-0.15, -0.1) is 0 Å². The fourth-order valence-electron chi connectivity index (χ4n) is 4.35. The number of para-hydroxylation sites is 2. The molecule has 0 saturated carbocycles. The summed E-state index contributed by atoms with van der Waals surface area (Å²) in [6.45, 7) is 3.63. The standard InChI is InChI=1S/C25H25ClN4/c26-21-10-6-9-20(15-21)16-22-17-27-13-14-29(22)25-28-23-11-4-5-12-24(23)30(25)18-19-7-2-1-3-8-19/h1-12,15,22,27H,13-14,16-18H2. The Morgan fingerprint density at radius 1 is 0.933 bits per heavy atom. The Balaban J connectivity index is 1.53. The third-order valence-electron chi connectivity index (χ3n) is 5.79. The lowest BCUT2D eigenvalue weighted by Crippen LogP contribution is -2.53. The molecular formula is C25H25ClN4. The number of aromatic nitrogens is 2. The Morgan fingerprint density at radius 2 is 1.73 bits per heavy atom. The highest BCUT2D eigenvalue weighted by Gasteiger charge is 2.27. The third-order valence-corrected chi connectivity index (χ3v) is 6.02. The first-order chi connectivity index (χ1) is 14.8. The molecule has 0 bridgehead atoms. The van der Waals surface area contributed by atoms with Crippen LogP contribution in [0.5, 0.6) is 0 Å². The zero-order chi connectivity index (χ0) is 20.3. The van der Waals surface area contributed by atoms with Gasteiger partial charge in [0.1, 0.15) is 0 Å². The van der Waals surface area contributed by atoms with Crippen molar-refractivity contribution in [3.63, 3.8) is 0 Å². The minimum Gasteiger partial charge on any atom is -0.336 e.